The smallest absolute Gasteiger partial charge is 0.407 e. The van der Waals surface area contributed by atoms with Crippen molar-refractivity contribution in [2.45, 2.75) is 83.0 Å². The normalized spacial score (nSPS) is 24.2. The van der Waals surface area contributed by atoms with Crippen molar-refractivity contribution >= 4 is 28.9 Å². The Labute approximate surface area is 240 Å². The third-order valence-electron chi connectivity index (χ3n) is 8.50. The number of hydrogen-bond acceptors (Lipinski definition) is 7. The summed E-state index contributed by atoms with van der Waals surface area (Å²) in [6.45, 7) is 9.57. The number of imide groups is 1. The SMILES string of the molecule is Cn1c(=O)n(C2CCC(=O)NC2=O)c2ccc(C3CN(CC4CCC(OCCNC(=O)OC(C)(C)C)CC4)C3)cc21. The van der Waals surface area contributed by atoms with Gasteiger partial charge in [-0.15, -0.1) is 0 Å². The minimum absolute atomic E-state index is 0.233. The first-order valence-electron chi connectivity index (χ1n) is 14.8. The molecule has 1 unspecified atom stereocenters. The molecule has 2 saturated heterocycles. The maximum absolute atomic E-state index is 13.0. The maximum atomic E-state index is 13.0. The largest absolute Gasteiger partial charge is 0.444 e. The number of piperidine rings is 1. The van der Waals surface area contributed by atoms with E-state index in [0.717, 1.165) is 56.4 Å². The number of likely N-dealkylation sites (tertiary alicyclic amines) is 1. The molecular formula is C30H43N5O6. The van der Waals surface area contributed by atoms with Crippen molar-refractivity contribution in [1.29, 1.82) is 0 Å². The number of fused-ring (bicyclic) bond motifs is 1. The highest BCUT2D eigenvalue weighted by molar-refractivity contribution is 6.00. The molecular weight excluding hydrogens is 526 g/mol. The minimum Gasteiger partial charge on any atom is -0.444 e. The number of hydrogen-bond donors (Lipinski definition) is 2. The highest BCUT2D eigenvalue weighted by Crippen LogP contribution is 2.33. The number of imidazole rings is 1. The molecule has 11 heteroatoms. The van der Waals surface area contributed by atoms with E-state index in [1.165, 1.54) is 10.1 Å². The van der Waals surface area contributed by atoms with Crippen molar-refractivity contribution in [2.75, 3.05) is 32.8 Å². The van der Waals surface area contributed by atoms with Gasteiger partial charge in [0.2, 0.25) is 11.8 Å². The summed E-state index contributed by atoms with van der Waals surface area (Å²) in [5.74, 6) is 0.389. The van der Waals surface area contributed by atoms with Crippen LogP contribution in [0.4, 0.5) is 4.79 Å². The van der Waals surface area contributed by atoms with E-state index in [0.29, 0.717) is 31.4 Å². The monoisotopic (exact) mass is 569 g/mol. The molecule has 1 atom stereocenters. The van der Waals surface area contributed by atoms with E-state index in [-0.39, 0.29) is 24.1 Å². The summed E-state index contributed by atoms with van der Waals surface area (Å²) >= 11 is 0. The van der Waals surface area contributed by atoms with Crippen LogP contribution in [0.5, 0.6) is 0 Å². The number of carbonyl (C=O) groups excluding carboxylic acids is 3. The standard InChI is InChI=1S/C30H43N5O6/c1-30(2,3)41-28(38)31-13-14-40-22-8-5-19(6-9-22)16-34-17-21(18-34)20-7-10-23-25(15-20)33(4)29(39)35(23)24-11-12-26(36)32-27(24)37/h7,10,15,19,21-22,24H,5-6,8-9,11-14,16-18H2,1-4H3,(H,31,38)(H,32,36,37). The van der Waals surface area contributed by atoms with Crippen molar-refractivity contribution in [3.05, 3.63) is 34.2 Å². The number of alkyl carbamates (subject to hydrolysis) is 1. The van der Waals surface area contributed by atoms with Crippen LogP contribution in [0.15, 0.2) is 23.0 Å². The summed E-state index contributed by atoms with van der Waals surface area (Å²) in [6, 6.07) is 5.44. The number of aromatic nitrogens is 2. The summed E-state index contributed by atoms with van der Waals surface area (Å²) in [6.07, 6.45) is 4.79. The number of ether oxygens (including phenoxy) is 2. The zero-order valence-corrected chi connectivity index (χ0v) is 24.6. The predicted molar refractivity (Wildman–Crippen MR) is 154 cm³/mol. The molecule has 3 heterocycles. The first kappa shape index (κ1) is 29.3. The van der Waals surface area contributed by atoms with E-state index >= 15 is 0 Å². The molecule has 2 N–H and O–H groups in total. The highest BCUT2D eigenvalue weighted by atomic mass is 16.6. The van der Waals surface area contributed by atoms with Gasteiger partial charge in [0.15, 0.2) is 0 Å². The first-order valence-corrected chi connectivity index (χ1v) is 14.8. The van der Waals surface area contributed by atoms with Gasteiger partial charge in [0.1, 0.15) is 11.6 Å². The lowest BCUT2D eigenvalue weighted by Gasteiger charge is -2.42. The van der Waals surface area contributed by atoms with Crippen LogP contribution in [-0.4, -0.2) is 76.4 Å². The Morgan fingerprint density at radius 2 is 1.78 bits per heavy atom. The van der Waals surface area contributed by atoms with Gasteiger partial charge >= 0.3 is 11.8 Å². The summed E-state index contributed by atoms with van der Waals surface area (Å²) in [5.41, 5.74) is 2.02. The quantitative estimate of drug-likeness (QED) is 0.370. The van der Waals surface area contributed by atoms with E-state index in [4.69, 9.17) is 9.47 Å². The van der Waals surface area contributed by atoms with E-state index in [1.54, 1.807) is 11.6 Å². The third-order valence-corrected chi connectivity index (χ3v) is 8.50. The van der Waals surface area contributed by atoms with Crippen LogP contribution in [-0.2, 0) is 26.1 Å². The number of rotatable bonds is 8. The van der Waals surface area contributed by atoms with Crippen molar-refractivity contribution in [2.24, 2.45) is 13.0 Å². The Hall–Kier alpha value is -3.18. The molecule has 0 bridgehead atoms. The Kier molecular flexibility index (Phi) is 8.56. The number of amides is 3. The molecule has 2 aliphatic heterocycles. The van der Waals surface area contributed by atoms with E-state index in [2.05, 4.69) is 27.7 Å². The fraction of sp³-hybridized carbons (Fsp3) is 0.667. The minimum atomic E-state index is -0.664. The van der Waals surface area contributed by atoms with Crippen LogP contribution in [0.25, 0.3) is 11.0 Å². The highest BCUT2D eigenvalue weighted by Gasteiger charge is 2.34. The summed E-state index contributed by atoms with van der Waals surface area (Å²) < 4.78 is 14.4. The molecule has 1 saturated carbocycles. The fourth-order valence-corrected chi connectivity index (χ4v) is 6.33. The van der Waals surface area contributed by atoms with Crippen molar-refractivity contribution in [3.63, 3.8) is 0 Å². The van der Waals surface area contributed by atoms with Gasteiger partial charge in [-0.1, -0.05) is 6.07 Å². The van der Waals surface area contributed by atoms with E-state index in [1.807, 2.05) is 26.8 Å². The fourth-order valence-electron chi connectivity index (χ4n) is 6.33. The molecule has 224 valence electrons. The van der Waals surface area contributed by atoms with Crippen molar-refractivity contribution in [3.8, 4) is 0 Å². The zero-order chi connectivity index (χ0) is 29.3. The molecule has 3 aliphatic rings. The van der Waals surface area contributed by atoms with Crippen molar-refractivity contribution < 1.29 is 23.9 Å². The number of nitrogens with one attached hydrogen (secondary N) is 2. The molecule has 0 spiro atoms. The Bertz CT molecular complexity index is 1340. The average Bonchev–Trinajstić information content (AvgIpc) is 3.13. The summed E-state index contributed by atoms with van der Waals surface area (Å²) in [7, 11) is 1.74. The van der Waals surface area contributed by atoms with Crippen molar-refractivity contribution in [1.82, 2.24) is 24.7 Å². The van der Waals surface area contributed by atoms with Gasteiger partial charge in [0.05, 0.1) is 23.7 Å². The van der Waals surface area contributed by atoms with Gasteiger partial charge in [-0.25, -0.2) is 9.59 Å². The lowest BCUT2D eigenvalue weighted by atomic mass is 9.84. The number of nitrogens with zero attached hydrogens (tertiary/aromatic N) is 3. The molecule has 2 aromatic rings. The summed E-state index contributed by atoms with van der Waals surface area (Å²) in [4.78, 5) is 51.3. The van der Waals surface area contributed by atoms with Crippen LogP contribution >= 0.6 is 0 Å². The van der Waals surface area contributed by atoms with E-state index in [9.17, 15) is 19.2 Å². The molecule has 5 rings (SSSR count). The second kappa shape index (κ2) is 12.0. The van der Waals surface area contributed by atoms with Gasteiger partial charge in [-0.2, -0.15) is 0 Å². The lowest BCUT2D eigenvalue weighted by molar-refractivity contribution is -0.135. The van der Waals surface area contributed by atoms with Crippen LogP contribution in [0.2, 0.25) is 0 Å². The van der Waals surface area contributed by atoms with Gasteiger partial charge in [0.25, 0.3) is 0 Å². The third kappa shape index (κ3) is 6.83. The molecule has 0 radical (unpaired) electrons. The Morgan fingerprint density at radius 1 is 1.05 bits per heavy atom. The Balaban J connectivity index is 1.06. The molecule has 1 aromatic heterocycles. The number of carbonyl (C=O) groups is 3. The molecule has 3 fully saturated rings. The second-order valence-corrected chi connectivity index (χ2v) is 12.8. The van der Waals surface area contributed by atoms with Gasteiger partial charge in [0, 0.05) is 45.6 Å². The molecule has 1 aromatic carbocycles. The Morgan fingerprint density at radius 3 is 2.46 bits per heavy atom. The second-order valence-electron chi connectivity index (χ2n) is 12.8. The van der Waals surface area contributed by atoms with Gasteiger partial charge in [-0.3, -0.25) is 24.0 Å². The van der Waals surface area contributed by atoms with Crippen LogP contribution in [0, 0.1) is 5.92 Å². The molecule has 11 nitrogen and oxygen atoms in total. The van der Waals surface area contributed by atoms with Crippen LogP contribution in [0.1, 0.15) is 76.8 Å². The molecule has 3 amide bonds. The predicted octanol–water partition coefficient (Wildman–Crippen LogP) is 2.82. The maximum Gasteiger partial charge on any atom is 0.407 e. The first-order chi connectivity index (χ1) is 19.5. The van der Waals surface area contributed by atoms with Crippen LogP contribution < -0.4 is 16.3 Å². The van der Waals surface area contributed by atoms with Crippen LogP contribution in [0.3, 0.4) is 0 Å². The average molecular weight is 570 g/mol. The summed E-state index contributed by atoms with van der Waals surface area (Å²) in [5, 5.41) is 5.10. The number of benzene rings is 1. The van der Waals surface area contributed by atoms with E-state index < -0.39 is 23.6 Å². The molecule has 1 aliphatic carbocycles. The van der Waals surface area contributed by atoms with Gasteiger partial charge in [-0.05, 0) is 76.5 Å². The lowest BCUT2D eigenvalue weighted by Crippen LogP contribution is -2.47. The van der Waals surface area contributed by atoms with Gasteiger partial charge < -0.3 is 19.7 Å². The topological polar surface area (TPSA) is 124 Å². The number of aryl methyl sites for hydroxylation is 1. The zero-order valence-electron chi connectivity index (χ0n) is 24.6. The molecule has 41 heavy (non-hydrogen) atoms.